The van der Waals surface area contributed by atoms with Crippen molar-refractivity contribution < 1.29 is 9.66 Å². The molecule has 0 unspecified atom stereocenters. The van der Waals surface area contributed by atoms with Crippen LogP contribution >= 0.6 is 0 Å². The van der Waals surface area contributed by atoms with Gasteiger partial charge in [-0.15, -0.1) is 0 Å². The maximum atomic E-state index is 10.9. The third kappa shape index (κ3) is 3.79. The van der Waals surface area contributed by atoms with Crippen molar-refractivity contribution in [2.75, 3.05) is 12.4 Å². The molecule has 1 N–H and O–H groups in total. The Bertz CT molecular complexity index is 624. The molecule has 2 aromatic rings. The van der Waals surface area contributed by atoms with Crippen molar-refractivity contribution in [2.24, 2.45) is 0 Å². The summed E-state index contributed by atoms with van der Waals surface area (Å²) >= 11 is 0. The number of ether oxygens (including phenoxy) is 1. The second-order valence-corrected chi connectivity index (χ2v) is 4.81. The number of methoxy groups -OCH3 is 1. The molecule has 2 aromatic carbocycles. The molecule has 0 aliphatic rings. The van der Waals surface area contributed by atoms with Gasteiger partial charge in [-0.25, -0.2) is 0 Å². The van der Waals surface area contributed by atoms with Crippen molar-refractivity contribution >= 4 is 11.4 Å². The van der Waals surface area contributed by atoms with Crippen LogP contribution in [0.1, 0.15) is 16.7 Å². The second-order valence-electron chi connectivity index (χ2n) is 4.81. The first-order valence-corrected chi connectivity index (χ1v) is 6.66. The molecule has 110 valence electrons. The van der Waals surface area contributed by atoms with E-state index in [9.17, 15) is 10.1 Å². The lowest BCUT2D eigenvalue weighted by Gasteiger charge is -2.10. The van der Waals surface area contributed by atoms with E-state index in [0.717, 1.165) is 16.8 Å². The summed E-state index contributed by atoms with van der Waals surface area (Å²) in [5.41, 5.74) is 3.80. The predicted octanol–water partition coefficient (Wildman–Crippen LogP) is 3.66. The van der Waals surface area contributed by atoms with E-state index in [1.165, 1.54) is 6.07 Å². The summed E-state index contributed by atoms with van der Waals surface area (Å²) in [5, 5.41) is 14.2. The van der Waals surface area contributed by atoms with Gasteiger partial charge in [0.1, 0.15) is 0 Å². The Morgan fingerprint density at radius 2 is 1.81 bits per heavy atom. The van der Waals surface area contributed by atoms with Crippen LogP contribution in [0.2, 0.25) is 0 Å². The molecule has 0 heterocycles. The zero-order chi connectivity index (χ0) is 15.2. The van der Waals surface area contributed by atoms with Crippen molar-refractivity contribution in [1.82, 2.24) is 0 Å². The van der Waals surface area contributed by atoms with Crippen molar-refractivity contribution in [3.8, 4) is 0 Å². The van der Waals surface area contributed by atoms with Crippen molar-refractivity contribution in [3.63, 3.8) is 0 Å². The molecule has 0 spiro atoms. The lowest BCUT2D eigenvalue weighted by Crippen LogP contribution is -2.03. The number of hydrogen-bond acceptors (Lipinski definition) is 4. The third-order valence-corrected chi connectivity index (χ3v) is 3.32. The first-order chi connectivity index (χ1) is 10.1. The number of nitrogens with one attached hydrogen (secondary N) is 1. The van der Waals surface area contributed by atoms with Gasteiger partial charge >= 0.3 is 0 Å². The van der Waals surface area contributed by atoms with E-state index in [1.54, 1.807) is 20.1 Å². The molecule has 21 heavy (non-hydrogen) atoms. The number of hydrogen-bond donors (Lipinski definition) is 1. The SMILES string of the molecule is COCc1ccc(CNc2cccc([N+](=O)[O-])c2C)cc1. The highest BCUT2D eigenvalue weighted by Gasteiger charge is 2.12. The van der Waals surface area contributed by atoms with Crippen LogP contribution in [-0.4, -0.2) is 12.0 Å². The number of rotatable bonds is 6. The molecule has 0 atom stereocenters. The van der Waals surface area contributed by atoms with Crippen molar-refractivity contribution in [3.05, 3.63) is 69.3 Å². The van der Waals surface area contributed by atoms with Gasteiger partial charge in [0, 0.05) is 31.0 Å². The minimum atomic E-state index is -0.361. The van der Waals surface area contributed by atoms with E-state index in [1.807, 2.05) is 30.3 Å². The molecule has 2 rings (SSSR count). The second kappa shape index (κ2) is 6.85. The Morgan fingerprint density at radius 3 is 2.43 bits per heavy atom. The van der Waals surface area contributed by atoms with Crippen LogP contribution in [0.25, 0.3) is 0 Å². The Hall–Kier alpha value is -2.40. The summed E-state index contributed by atoms with van der Waals surface area (Å²) in [4.78, 5) is 10.6. The molecule has 5 heteroatoms. The largest absolute Gasteiger partial charge is 0.381 e. The van der Waals surface area contributed by atoms with Crippen LogP contribution in [0, 0.1) is 17.0 Å². The molecule has 0 bridgehead atoms. The fourth-order valence-electron chi connectivity index (χ4n) is 2.13. The van der Waals surface area contributed by atoms with Crippen LogP contribution in [0.15, 0.2) is 42.5 Å². The average Bonchev–Trinajstić information content (AvgIpc) is 2.48. The highest BCUT2D eigenvalue weighted by Crippen LogP contribution is 2.25. The van der Waals surface area contributed by atoms with Crippen LogP contribution in [-0.2, 0) is 17.9 Å². The number of benzene rings is 2. The van der Waals surface area contributed by atoms with Gasteiger partial charge in [0.05, 0.1) is 11.5 Å². The van der Waals surface area contributed by atoms with E-state index >= 15 is 0 Å². The van der Waals surface area contributed by atoms with Gasteiger partial charge in [0.2, 0.25) is 0 Å². The Kier molecular flexibility index (Phi) is 4.90. The minimum absolute atomic E-state index is 0.135. The number of anilines is 1. The van der Waals surface area contributed by atoms with E-state index in [-0.39, 0.29) is 10.6 Å². The van der Waals surface area contributed by atoms with E-state index < -0.39 is 0 Å². The Balaban J connectivity index is 2.06. The van der Waals surface area contributed by atoms with Gasteiger partial charge in [-0.2, -0.15) is 0 Å². The number of nitro groups is 1. The smallest absolute Gasteiger partial charge is 0.274 e. The highest BCUT2D eigenvalue weighted by atomic mass is 16.6. The van der Waals surface area contributed by atoms with Gasteiger partial charge in [-0.05, 0) is 24.1 Å². The summed E-state index contributed by atoms with van der Waals surface area (Å²) in [7, 11) is 1.67. The molecule has 0 saturated carbocycles. The lowest BCUT2D eigenvalue weighted by molar-refractivity contribution is -0.385. The normalized spacial score (nSPS) is 10.4. The summed E-state index contributed by atoms with van der Waals surface area (Å²) in [5.74, 6) is 0. The van der Waals surface area contributed by atoms with Gasteiger partial charge < -0.3 is 10.1 Å². The quantitative estimate of drug-likeness (QED) is 0.650. The zero-order valence-electron chi connectivity index (χ0n) is 12.1. The van der Waals surface area contributed by atoms with Gasteiger partial charge in [0.15, 0.2) is 0 Å². The van der Waals surface area contributed by atoms with Gasteiger partial charge in [-0.1, -0.05) is 30.3 Å². The van der Waals surface area contributed by atoms with Gasteiger partial charge in [0.25, 0.3) is 5.69 Å². The van der Waals surface area contributed by atoms with Crippen molar-refractivity contribution in [2.45, 2.75) is 20.1 Å². The first-order valence-electron chi connectivity index (χ1n) is 6.66. The molecule has 0 aliphatic carbocycles. The Labute approximate surface area is 123 Å². The summed E-state index contributed by atoms with van der Waals surface area (Å²) in [6.07, 6.45) is 0. The molecule has 0 radical (unpaired) electrons. The number of nitro benzene ring substituents is 1. The highest BCUT2D eigenvalue weighted by molar-refractivity contribution is 5.59. The Morgan fingerprint density at radius 1 is 1.14 bits per heavy atom. The lowest BCUT2D eigenvalue weighted by atomic mass is 10.1. The van der Waals surface area contributed by atoms with Crippen LogP contribution in [0.5, 0.6) is 0 Å². The predicted molar refractivity (Wildman–Crippen MR) is 82.3 cm³/mol. The summed E-state index contributed by atoms with van der Waals surface area (Å²) < 4.78 is 5.07. The summed E-state index contributed by atoms with van der Waals surface area (Å²) in [6.45, 7) is 2.97. The van der Waals surface area contributed by atoms with Crippen molar-refractivity contribution in [1.29, 1.82) is 0 Å². The van der Waals surface area contributed by atoms with E-state index in [2.05, 4.69) is 5.32 Å². The van der Waals surface area contributed by atoms with Gasteiger partial charge in [-0.3, -0.25) is 10.1 Å². The molecular weight excluding hydrogens is 268 g/mol. The topological polar surface area (TPSA) is 64.4 Å². The van der Waals surface area contributed by atoms with E-state index in [4.69, 9.17) is 4.74 Å². The van der Waals surface area contributed by atoms with E-state index in [0.29, 0.717) is 18.7 Å². The molecule has 5 nitrogen and oxygen atoms in total. The standard InChI is InChI=1S/C16H18N2O3/c1-12-15(4-3-5-16(12)18(19)20)17-10-13-6-8-14(9-7-13)11-21-2/h3-9,17H,10-11H2,1-2H3. The first kappa shape index (κ1) is 15.0. The zero-order valence-corrected chi connectivity index (χ0v) is 12.1. The van der Waals surface area contributed by atoms with Crippen LogP contribution < -0.4 is 5.32 Å². The number of nitrogens with zero attached hydrogens (tertiary/aromatic N) is 1. The van der Waals surface area contributed by atoms with Crippen LogP contribution in [0.3, 0.4) is 0 Å². The maximum absolute atomic E-state index is 10.9. The molecular formula is C16H18N2O3. The molecule has 0 aromatic heterocycles. The molecule has 0 amide bonds. The maximum Gasteiger partial charge on any atom is 0.274 e. The molecule has 0 saturated heterocycles. The van der Waals surface area contributed by atoms with Crippen LogP contribution in [0.4, 0.5) is 11.4 Å². The summed E-state index contributed by atoms with van der Waals surface area (Å²) in [6, 6.07) is 13.1. The molecule has 0 fully saturated rings. The fourth-order valence-corrected chi connectivity index (χ4v) is 2.13. The minimum Gasteiger partial charge on any atom is -0.381 e. The monoisotopic (exact) mass is 286 g/mol. The third-order valence-electron chi connectivity index (χ3n) is 3.32. The molecule has 0 aliphatic heterocycles. The average molecular weight is 286 g/mol. The fraction of sp³-hybridized carbons (Fsp3) is 0.250.